The van der Waals surface area contributed by atoms with Gasteiger partial charge in [-0.15, -0.1) is 0 Å². The van der Waals surface area contributed by atoms with E-state index in [0.717, 1.165) is 31.5 Å². The lowest BCUT2D eigenvalue weighted by atomic mass is 10.2. The number of carbonyl (C=O) groups is 1. The number of hydrogen-bond donors (Lipinski definition) is 1. The average molecular weight is 372 g/mol. The standard InChI is InChI=1S/C20H28N4O3/c1-5-11-24(12-6-2)20-21-10-9-16(23-20)19(25)22-14-15-7-8-17(26-3)18(13-15)27-4/h7-10,13H,5-6,11-12,14H2,1-4H3,(H,22,25). The smallest absolute Gasteiger partial charge is 0.270 e. The van der Waals surface area contributed by atoms with Crippen molar-refractivity contribution in [1.29, 1.82) is 0 Å². The van der Waals surface area contributed by atoms with Crippen molar-refractivity contribution >= 4 is 11.9 Å². The third-order valence-electron chi connectivity index (χ3n) is 4.05. The summed E-state index contributed by atoms with van der Waals surface area (Å²) in [6.07, 6.45) is 3.63. The van der Waals surface area contributed by atoms with Gasteiger partial charge in [0.25, 0.3) is 5.91 Å². The summed E-state index contributed by atoms with van der Waals surface area (Å²) in [5, 5.41) is 2.89. The first kappa shape index (κ1) is 20.5. The van der Waals surface area contributed by atoms with Crippen LogP contribution in [0.1, 0.15) is 42.7 Å². The number of rotatable bonds is 10. The van der Waals surface area contributed by atoms with Gasteiger partial charge in [-0.1, -0.05) is 19.9 Å². The van der Waals surface area contributed by atoms with Gasteiger partial charge < -0.3 is 19.7 Å². The van der Waals surface area contributed by atoms with Gasteiger partial charge in [-0.05, 0) is 36.6 Å². The second-order valence-corrected chi connectivity index (χ2v) is 6.10. The molecule has 0 aliphatic carbocycles. The van der Waals surface area contributed by atoms with E-state index in [1.54, 1.807) is 26.5 Å². The SMILES string of the molecule is CCCN(CCC)c1nccc(C(=O)NCc2ccc(OC)c(OC)c2)n1. The zero-order valence-electron chi connectivity index (χ0n) is 16.5. The molecule has 0 saturated carbocycles. The fraction of sp³-hybridized carbons (Fsp3) is 0.450. The van der Waals surface area contributed by atoms with Gasteiger partial charge >= 0.3 is 0 Å². The van der Waals surface area contributed by atoms with Crippen LogP contribution in [0.3, 0.4) is 0 Å². The maximum atomic E-state index is 12.5. The Bertz CT molecular complexity index is 746. The minimum Gasteiger partial charge on any atom is -0.493 e. The Labute approximate surface area is 160 Å². The number of anilines is 1. The largest absolute Gasteiger partial charge is 0.493 e. The Morgan fingerprint density at radius 2 is 1.78 bits per heavy atom. The molecule has 0 unspecified atom stereocenters. The predicted octanol–water partition coefficient (Wildman–Crippen LogP) is 3.05. The van der Waals surface area contributed by atoms with E-state index < -0.39 is 0 Å². The van der Waals surface area contributed by atoms with Crippen molar-refractivity contribution < 1.29 is 14.3 Å². The summed E-state index contributed by atoms with van der Waals surface area (Å²) >= 11 is 0. The van der Waals surface area contributed by atoms with Gasteiger partial charge in [-0.25, -0.2) is 9.97 Å². The van der Waals surface area contributed by atoms with E-state index in [1.165, 1.54) is 0 Å². The molecule has 0 radical (unpaired) electrons. The van der Waals surface area contributed by atoms with Crippen molar-refractivity contribution in [3.8, 4) is 11.5 Å². The number of hydrogen-bond acceptors (Lipinski definition) is 6. The van der Waals surface area contributed by atoms with E-state index in [0.29, 0.717) is 29.7 Å². The fourth-order valence-corrected chi connectivity index (χ4v) is 2.74. The number of amides is 1. The molecular weight excluding hydrogens is 344 g/mol. The van der Waals surface area contributed by atoms with Crippen LogP contribution in [0.15, 0.2) is 30.5 Å². The Balaban J connectivity index is 2.06. The zero-order chi connectivity index (χ0) is 19.6. The quantitative estimate of drug-likeness (QED) is 0.691. The van der Waals surface area contributed by atoms with Crippen LogP contribution >= 0.6 is 0 Å². The van der Waals surface area contributed by atoms with Crippen LogP contribution in [0.5, 0.6) is 11.5 Å². The third-order valence-corrected chi connectivity index (χ3v) is 4.05. The topological polar surface area (TPSA) is 76.6 Å². The highest BCUT2D eigenvalue weighted by Gasteiger charge is 2.13. The zero-order valence-corrected chi connectivity index (χ0v) is 16.5. The van der Waals surface area contributed by atoms with Crippen LogP contribution < -0.4 is 19.7 Å². The molecule has 0 bridgehead atoms. The average Bonchev–Trinajstić information content (AvgIpc) is 2.71. The van der Waals surface area contributed by atoms with Crippen LogP contribution in [0.2, 0.25) is 0 Å². The minimum atomic E-state index is -0.235. The van der Waals surface area contributed by atoms with Crippen molar-refractivity contribution in [2.45, 2.75) is 33.2 Å². The lowest BCUT2D eigenvalue weighted by Crippen LogP contribution is -2.29. The van der Waals surface area contributed by atoms with Crippen LogP contribution in [-0.2, 0) is 6.54 Å². The molecule has 0 aliphatic heterocycles. The summed E-state index contributed by atoms with van der Waals surface area (Å²) in [6, 6.07) is 7.17. The highest BCUT2D eigenvalue weighted by atomic mass is 16.5. The number of methoxy groups -OCH3 is 2. The van der Waals surface area contributed by atoms with Gasteiger partial charge in [0.2, 0.25) is 5.95 Å². The first-order chi connectivity index (χ1) is 13.1. The van der Waals surface area contributed by atoms with Gasteiger partial charge in [-0.3, -0.25) is 4.79 Å². The highest BCUT2D eigenvalue weighted by molar-refractivity contribution is 5.92. The number of benzene rings is 1. The molecule has 0 saturated heterocycles. The summed E-state index contributed by atoms with van der Waals surface area (Å²) in [6.45, 7) is 6.33. The van der Waals surface area contributed by atoms with Crippen LogP contribution in [0, 0.1) is 0 Å². The summed E-state index contributed by atoms with van der Waals surface area (Å²) < 4.78 is 10.5. The lowest BCUT2D eigenvalue weighted by molar-refractivity contribution is 0.0945. The number of nitrogens with one attached hydrogen (secondary N) is 1. The molecule has 1 aromatic heterocycles. The third kappa shape index (κ3) is 5.57. The Morgan fingerprint density at radius 3 is 2.41 bits per heavy atom. The number of nitrogens with zero attached hydrogens (tertiary/aromatic N) is 3. The van der Waals surface area contributed by atoms with Crippen molar-refractivity contribution in [2.75, 3.05) is 32.2 Å². The Hall–Kier alpha value is -2.83. The molecule has 0 spiro atoms. The first-order valence-corrected chi connectivity index (χ1v) is 9.20. The van der Waals surface area contributed by atoms with E-state index in [1.807, 2.05) is 18.2 Å². The second kappa shape index (κ2) is 10.4. The van der Waals surface area contributed by atoms with Crippen molar-refractivity contribution in [2.24, 2.45) is 0 Å². The van der Waals surface area contributed by atoms with E-state index in [4.69, 9.17) is 9.47 Å². The summed E-state index contributed by atoms with van der Waals surface area (Å²) in [4.78, 5) is 23.4. The molecular formula is C20H28N4O3. The van der Waals surface area contributed by atoms with Crippen LogP contribution in [0.25, 0.3) is 0 Å². The van der Waals surface area contributed by atoms with Crippen molar-refractivity contribution in [3.05, 3.63) is 41.7 Å². The molecule has 1 N–H and O–H groups in total. The molecule has 0 fully saturated rings. The molecule has 0 aliphatic rings. The molecule has 146 valence electrons. The molecule has 7 nitrogen and oxygen atoms in total. The van der Waals surface area contributed by atoms with Gasteiger partial charge in [0.1, 0.15) is 5.69 Å². The van der Waals surface area contributed by atoms with Gasteiger partial charge in [0.15, 0.2) is 11.5 Å². The molecule has 0 atom stereocenters. The number of ether oxygens (including phenoxy) is 2. The lowest BCUT2D eigenvalue weighted by Gasteiger charge is -2.21. The molecule has 27 heavy (non-hydrogen) atoms. The summed E-state index contributed by atoms with van der Waals surface area (Å²) in [7, 11) is 3.17. The first-order valence-electron chi connectivity index (χ1n) is 9.20. The highest BCUT2D eigenvalue weighted by Crippen LogP contribution is 2.27. The summed E-state index contributed by atoms with van der Waals surface area (Å²) in [5.74, 6) is 1.64. The van der Waals surface area contributed by atoms with Crippen molar-refractivity contribution in [3.63, 3.8) is 0 Å². The van der Waals surface area contributed by atoms with E-state index >= 15 is 0 Å². The van der Waals surface area contributed by atoms with Crippen LogP contribution in [-0.4, -0.2) is 43.2 Å². The molecule has 2 aromatic rings. The second-order valence-electron chi connectivity index (χ2n) is 6.10. The predicted molar refractivity (Wildman–Crippen MR) is 106 cm³/mol. The molecule has 1 amide bonds. The number of carbonyl (C=O) groups excluding carboxylic acids is 1. The van der Waals surface area contributed by atoms with E-state index in [9.17, 15) is 4.79 Å². The molecule has 1 heterocycles. The molecule has 1 aromatic carbocycles. The summed E-state index contributed by atoms with van der Waals surface area (Å²) in [5.41, 5.74) is 1.27. The fourth-order valence-electron chi connectivity index (χ4n) is 2.74. The molecule has 2 rings (SSSR count). The maximum Gasteiger partial charge on any atom is 0.270 e. The number of aromatic nitrogens is 2. The van der Waals surface area contributed by atoms with E-state index in [-0.39, 0.29) is 5.91 Å². The monoisotopic (exact) mass is 372 g/mol. The minimum absolute atomic E-state index is 0.235. The van der Waals surface area contributed by atoms with E-state index in [2.05, 4.69) is 34.0 Å². The normalized spacial score (nSPS) is 10.4. The Morgan fingerprint density at radius 1 is 1.07 bits per heavy atom. The Kier molecular flexibility index (Phi) is 7.85. The van der Waals surface area contributed by atoms with Gasteiger partial charge in [0, 0.05) is 25.8 Å². The maximum absolute atomic E-state index is 12.5. The van der Waals surface area contributed by atoms with Crippen molar-refractivity contribution in [1.82, 2.24) is 15.3 Å². The van der Waals surface area contributed by atoms with Crippen LogP contribution in [0.4, 0.5) is 5.95 Å². The van der Waals surface area contributed by atoms with Gasteiger partial charge in [-0.2, -0.15) is 0 Å². The molecule has 7 heteroatoms. The van der Waals surface area contributed by atoms with Gasteiger partial charge in [0.05, 0.1) is 14.2 Å².